The number of aromatic nitrogens is 4. The first-order valence-corrected chi connectivity index (χ1v) is 29.6. The third-order valence-electron chi connectivity index (χ3n) is 16.3. The van der Waals surface area contributed by atoms with E-state index in [9.17, 15) is 18.9 Å². The molecule has 7 heterocycles. The fourth-order valence-corrected chi connectivity index (χ4v) is 13.4. The normalized spacial score (nSPS) is 19.3. The molecule has 3 amide bonds. The van der Waals surface area contributed by atoms with Crippen LogP contribution >= 0.6 is 23.1 Å². The van der Waals surface area contributed by atoms with E-state index >= 15 is 0 Å². The van der Waals surface area contributed by atoms with Gasteiger partial charge in [-0.2, -0.15) is 10.1 Å². The summed E-state index contributed by atoms with van der Waals surface area (Å²) in [6.07, 6.45) is 13.3. The van der Waals surface area contributed by atoms with Gasteiger partial charge in [-0.05, 0) is 152 Å². The van der Waals surface area contributed by atoms with E-state index in [2.05, 4.69) is 99.3 Å². The number of methoxy groups -OCH3 is 1. The number of anilines is 6. The first kappa shape index (κ1) is 50.6. The van der Waals surface area contributed by atoms with Crippen LogP contribution in [0.25, 0.3) is 22.3 Å². The number of nitrogens with one attached hydrogen (secondary N) is 3. The number of imide groups is 1. The van der Waals surface area contributed by atoms with Crippen molar-refractivity contribution in [2.75, 3.05) is 86.7 Å². The molecule has 6 aromatic rings. The molecule has 0 aliphatic carbocycles. The summed E-state index contributed by atoms with van der Waals surface area (Å²) < 4.78 is 22.3. The van der Waals surface area contributed by atoms with Crippen molar-refractivity contribution in [3.8, 4) is 28.0 Å². The Hall–Kier alpha value is -6.55. The van der Waals surface area contributed by atoms with Gasteiger partial charge in [0.15, 0.2) is 0 Å². The molecule has 4 fully saturated rings. The predicted octanol–water partition coefficient (Wildman–Crippen LogP) is 9.41. The molecule has 0 bridgehead atoms. The molecule has 3 N–H and O–H groups in total. The minimum Gasteiger partial charge on any atom is -0.494 e. The highest BCUT2D eigenvalue weighted by Crippen LogP contribution is 2.47. The van der Waals surface area contributed by atoms with E-state index in [4.69, 9.17) is 9.72 Å². The van der Waals surface area contributed by atoms with Gasteiger partial charge in [-0.1, -0.05) is 36.4 Å². The first-order valence-electron chi connectivity index (χ1n) is 26.2. The minimum absolute atomic E-state index is 0.128. The molecule has 1 spiro atoms. The summed E-state index contributed by atoms with van der Waals surface area (Å²) in [4.78, 5) is 56.4. The van der Waals surface area contributed by atoms with Crippen molar-refractivity contribution in [3.05, 3.63) is 113 Å². The Kier molecular flexibility index (Phi) is 14.1. The molecule has 390 valence electrons. The van der Waals surface area contributed by atoms with Gasteiger partial charge < -0.3 is 39.5 Å². The van der Waals surface area contributed by atoms with Crippen LogP contribution in [-0.2, 0) is 27.7 Å². The molecule has 4 aromatic carbocycles. The fourth-order valence-electron chi connectivity index (χ4n) is 12.0. The van der Waals surface area contributed by atoms with Gasteiger partial charge in [0.2, 0.25) is 17.8 Å². The van der Waals surface area contributed by atoms with Crippen LogP contribution in [0.3, 0.4) is 0 Å². The first-order chi connectivity index (χ1) is 36.2. The summed E-state index contributed by atoms with van der Waals surface area (Å²) in [6.45, 7) is 11.2. The lowest BCUT2D eigenvalue weighted by molar-refractivity contribution is -0.136. The van der Waals surface area contributed by atoms with Crippen molar-refractivity contribution in [2.24, 2.45) is 18.4 Å². The lowest BCUT2D eigenvalue weighted by Gasteiger charge is -2.48. The molecule has 11 rings (SSSR count). The van der Waals surface area contributed by atoms with Crippen LogP contribution in [-0.4, -0.2) is 120 Å². The summed E-state index contributed by atoms with van der Waals surface area (Å²) in [5.74, 6) is 1.45. The number of ether oxygens (including phenoxy) is 1. The van der Waals surface area contributed by atoms with E-state index in [0.29, 0.717) is 51.9 Å². The average Bonchev–Trinajstić information content (AvgIpc) is 4.00. The second kappa shape index (κ2) is 20.9. The summed E-state index contributed by atoms with van der Waals surface area (Å²) in [7, 11) is 0.929. The van der Waals surface area contributed by atoms with Crippen LogP contribution in [0.4, 0.5) is 34.5 Å². The van der Waals surface area contributed by atoms with Gasteiger partial charge in [0.25, 0.3) is 5.91 Å². The van der Waals surface area contributed by atoms with Crippen molar-refractivity contribution < 1.29 is 23.7 Å². The maximum absolute atomic E-state index is 13.7. The van der Waals surface area contributed by atoms with Crippen molar-refractivity contribution in [1.29, 1.82) is 0 Å². The van der Waals surface area contributed by atoms with Crippen LogP contribution in [0.15, 0.2) is 102 Å². The minimum atomic E-state index is -2.70. The van der Waals surface area contributed by atoms with E-state index in [0.717, 1.165) is 127 Å². The third-order valence-corrected chi connectivity index (χ3v) is 18.5. The number of nitrogens with zero attached hydrogens (tertiary/aromatic N) is 8. The molecule has 5 aliphatic heterocycles. The molecule has 4 saturated heterocycles. The molecular formula is C57H65BrN11O5P. The number of hydrogen-bond donors (Lipinski definition) is 3. The number of piperidine rings is 4. The summed E-state index contributed by atoms with van der Waals surface area (Å²) >= 11 is 3.65. The molecule has 18 heteroatoms. The maximum Gasteiger partial charge on any atom is 0.255 e. The van der Waals surface area contributed by atoms with Crippen LogP contribution in [0, 0.1) is 11.3 Å². The number of benzene rings is 4. The Morgan fingerprint density at radius 1 is 0.800 bits per heavy atom. The van der Waals surface area contributed by atoms with Crippen molar-refractivity contribution in [1.82, 2.24) is 34.9 Å². The quantitative estimate of drug-likeness (QED) is 0.0739. The van der Waals surface area contributed by atoms with E-state index in [-0.39, 0.29) is 24.1 Å². The second-order valence-corrected chi connectivity index (χ2v) is 25.6. The lowest BCUT2D eigenvalue weighted by Crippen LogP contribution is -2.52. The van der Waals surface area contributed by atoms with Crippen molar-refractivity contribution in [3.63, 3.8) is 0 Å². The molecule has 0 saturated carbocycles. The number of carbonyl (C=O) groups excluding carboxylic acids is 3. The van der Waals surface area contributed by atoms with Gasteiger partial charge in [0.1, 0.15) is 24.8 Å². The molecular weight excluding hydrogens is 1030 g/mol. The van der Waals surface area contributed by atoms with Crippen LogP contribution < -0.4 is 35.8 Å². The highest BCUT2D eigenvalue weighted by molar-refractivity contribution is 9.10. The summed E-state index contributed by atoms with van der Waals surface area (Å²) in [5.41, 5.74) is 9.74. The van der Waals surface area contributed by atoms with Gasteiger partial charge >= 0.3 is 0 Å². The van der Waals surface area contributed by atoms with Gasteiger partial charge in [-0.3, -0.25) is 24.4 Å². The number of rotatable bonds is 13. The fraction of sp³-hybridized carbons (Fsp3) is 0.404. The number of carbonyl (C=O) groups is 3. The van der Waals surface area contributed by atoms with Crippen molar-refractivity contribution in [2.45, 2.75) is 64.0 Å². The largest absolute Gasteiger partial charge is 0.494 e. The number of fused-ring (bicyclic) bond motifs is 1. The average molecular weight is 1100 g/mol. The lowest BCUT2D eigenvalue weighted by atomic mass is 9.71. The maximum atomic E-state index is 13.7. The predicted molar refractivity (Wildman–Crippen MR) is 299 cm³/mol. The number of likely N-dealkylation sites (tertiary alicyclic amines) is 1. The smallest absolute Gasteiger partial charge is 0.255 e. The molecule has 16 nitrogen and oxygen atoms in total. The third kappa shape index (κ3) is 10.7. The van der Waals surface area contributed by atoms with Crippen molar-refractivity contribution >= 4 is 80.6 Å². The number of hydrogen-bond acceptors (Lipinski definition) is 13. The molecule has 1 unspecified atom stereocenters. The molecule has 75 heavy (non-hydrogen) atoms. The zero-order valence-electron chi connectivity index (χ0n) is 43.2. The van der Waals surface area contributed by atoms with E-state index in [1.807, 2.05) is 60.4 Å². The van der Waals surface area contributed by atoms with Gasteiger partial charge in [0, 0.05) is 105 Å². The zero-order valence-corrected chi connectivity index (χ0v) is 45.6. The number of halogens is 1. The number of aryl methyl sites for hydroxylation is 1. The van der Waals surface area contributed by atoms with E-state index in [1.54, 1.807) is 31.5 Å². The molecule has 5 aliphatic rings. The zero-order chi connectivity index (χ0) is 52.0. The SMILES string of the molecule is COc1cc(N2CCC3(CCN(CC4CCN(c5ccc6c(c5)CN(C5CCC(=O)NC5=O)C6=O)CC4)CC3)CC2)c(-c2cnn(C)c2)cc1Nc1ncc(Br)c(Nc2ccc(-c3ccccc3)cc2P(C)(C)=O)n1. The summed E-state index contributed by atoms with van der Waals surface area (Å²) in [6, 6.07) is 25.9. The Morgan fingerprint density at radius 2 is 1.56 bits per heavy atom. The standard InChI is InChI=1S/C57H65BrN11O5P/c1-65-35-41(32-60-65)44-30-47(62-56-59-33-45(58)53(64-56)61-46-13-10-39(29-51(46)75(3,4)73)38-8-6-5-7-9-38)50(74-2)31-49(44)68-26-20-57(21-27-68)18-24-66(25-19-57)34-37-16-22-67(23-17-37)42-11-12-43-40(28-42)36-69(55(43)72)48-14-15-52(70)63-54(48)71/h5-13,28-33,35,37,48H,14-27,34,36H2,1-4H3,(H,63,70,71)(H2,59,61,62,64). The van der Waals surface area contributed by atoms with Crippen LogP contribution in [0.2, 0.25) is 0 Å². The second-order valence-electron chi connectivity index (χ2n) is 21.5. The monoisotopic (exact) mass is 1090 g/mol. The Labute approximate surface area is 447 Å². The van der Waals surface area contributed by atoms with Gasteiger partial charge in [-0.25, -0.2) is 4.98 Å². The molecule has 0 radical (unpaired) electrons. The van der Waals surface area contributed by atoms with Gasteiger partial charge in [-0.15, -0.1) is 0 Å². The molecule has 2 aromatic heterocycles. The Morgan fingerprint density at radius 3 is 2.27 bits per heavy atom. The Balaban J connectivity index is 0.714. The Bertz CT molecular complexity index is 3190. The number of amides is 3. The van der Waals surface area contributed by atoms with Gasteiger partial charge in [0.05, 0.1) is 29.2 Å². The highest BCUT2D eigenvalue weighted by Gasteiger charge is 2.41. The topological polar surface area (TPSA) is 170 Å². The molecule has 1 atom stereocenters. The summed E-state index contributed by atoms with van der Waals surface area (Å²) in [5, 5.41) is 14.6. The van der Waals surface area contributed by atoms with E-state index in [1.165, 1.54) is 12.8 Å². The van der Waals surface area contributed by atoms with E-state index < -0.39 is 13.2 Å². The van der Waals surface area contributed by atoms with Crippen LogP contribution in [0.1, 0.15) is 67.3 Å². The highest BCUT2D eigenvalue weighted by atomic mass is 79.9. The van der Waals surface area contributed by atoms with Crippen LogP contribution in [0.5, 0.6) is 5.75 Å².